The van der Waals surface area contributed by atoms with Gasteiger partial charge < -0.3 is 23.8 Å². The predicted molar refractivity (Wildman–Crippen MR) is 193 cm³/mol. The van der Waals surface area contributed by atoms with Gasteiger partial charge in [0.25, 0.3) is 0 Å². The number of unbranched alkanes of at least 4 members (excludes halogenated alkanes) is 21. The Morgan fingerprint density at radius 3 is 1.32 bits per heavy atom. The van der Waals surface area contributed by atoms with E-state index in [1.165, 1.54) is 109 Å². The maximum atomic E-state index is 12.6. The van der Waals surface area contributed by atoms with Crippen LogP contribution in [-0.2, 0) is 28.6 Å². The van der Waals surface area contributed by atoms with Gasteiger partial charge in [0.1, 0.15) is 6.61 Å². The maximum absolute atomic E-state index is 12.6. The summed E-state index contributed by atoms with van der Waals surface area (Å²) in [5, 5.41) is 9.57. The molecule has 2 atom stereocenters. The number of hydrogen-bond donors (Lipinski definition) is 1. The van der Waals surface area contributed by atoms with E-state index in [9.17, 15) is 19.5 Å². The van der Waals surface area contributed by atoms with Crippen LogP contribution < -0.4 is 0 Å². The molecule has 0 aliphatic heterocycles. The minimum atomic E-state index is -0.873. The molecule has 0 saturated carbocycles. The van der Waals surface area contributed by atoms with E-state index >= 15 is 0 Å². The van der Waals surface area contributed by atoms with Crippen LogP contribution in [-0.4, -0.2) is 80.6 Å². The SMILES string of the molecule is CCCCCCCCCCCCCCCCCC(=O)OC(COCCC(C(=O)O)[N+](C)(C)C)COC(=O)CCCCCCCCCC. The summed E-state index contributed by atoms with van der Waals surface area (Å²) in [7, 11) is 5.52. The molecule has 0 saturated heterocycles. The first-order chi connectivity index (χ1) is 22.6. The number of carbonyl (C=O) groups is 3. The molecule has 0 spiro atoms. The molecule has 0 radical (unpaired) electrons. The molecule has 0 heterocycles. The van der Waals surface area contributed by atoms with Crippen molar-refractivity contribution < 1.29 is 38.2 Å². The Bertz CT molecular complexity index is 752. The number of carboxylic acid groups (broad SMARTS) is 1. The first-order valence-electron chi connectivity index (χ1n) is 19.6. The van der Waals surface area contributed by atoms with Crippen LogP contribution in [0, 0.1) is 0 Å². The Hall–Kier alpha value is -1.67. The number of ether oxygens (including phenoxy) is 3. The first kappa shape index (κ1) is 45.3. The molecule has 0 aromatic carbocycles. The van der Waals surface area contributed by atoms with E-state index in [1.807, 2.05) is 21.1 Å². The molecule has 0 aromatic heterocycles. The Morgan fingerprint density at radius 2 is 0.936 bits per heavy atom. The van der Waals surface area contributed by atoms with Gasteiger partial charge in [0.2, 0.25) is 0 Å². The van der Waals surface area contributed by atoms with Crippen molar-refractivity contribution in [3.8, 4) is 0 Å². The zero-order chi connectivity index (χ0) is 35.0. The van der Waals surface area contributed by atoms with Gasteiger partial charge in [0, 0.05) is 19.3 Å². The van der Waals surface area contributed by atoms with Crippen LogP contribution in [0.2, 0.25) is 0 Å². The van der Waals surface area contributed by atoms with Gasteiger partial charge in [-0.25, -0.2) is 4.79 Å². The van der Waals surface area contributed by atoms with Crippen molar-refractivity contribution in [1.82, 2.24) is 0 Å². The molecule has 8 heteroatoms. The molecule has 0 bridgehead atoms. The molecule has 0 rings (SSSR count). The Balaban J connectivity index is 4.33. The second kappa shape index (κ2) is 31.6. The van der Waals surface area contributed by atoms with Crippen LogP contribution in [0.1, 0.15) is 181 Å². The van der Waals surface area contributed by atoms with Gasteiger partial charge in [-0.15, -0.1) is 0 Å². The van der Waals surface area contributed by atoms with Crippen molar-refractivity contribution >= 4 is 17.9 Å². The molecule has 0 aliphatic carbocycles. The lowest BCUT2D eigenvalue weighted by Crippen LogP contribution is -2.50. The fourth-order valence-corrected chi connectivity index (χ4v) is 5.91. The molecule has 47 heavy (non-hydrogen) atoms. The molecule has 2 unspecified atom stereocenters. The van der Waals surface area contributed by atoms with Crippen molar-refractivity contribution in [2.45, 2.75) is 193 Å². The summed E-state index contributed by atoms with van der Waals surface area (Å²) < 4.78 is 17.2. The number of aliphatic carboxylic acids is 1. The van der Waals surface area contributed by atoms with Gasteiger partial charge in [0.05, 0.1) is 34.4 Å². The lowest BCUT2D eigenvalue weighted by atomic mass is 10.0. The first-order valence-corrected chi connectivity index (χ1v) is 19.6. The number of quaternary nitrogens is 1. The van der Waals surface area contributed by atoms with E-state index in [2.05, 4.69) is 13.8 Å². The minimum absolute atomic E-state index is 0.0435. The number of carboxylic acids is 1. The lowest BCUT2D eigenvalue weighted by Gasteiger charge is -2.31. The Kier molecular flexibility index (Phi) is 30.5. The molecule has 0 aromatic rings. The largest absolute Gasteiger partial charge is 0.477 e. The van der Waals surface area contributed by atoms with Crippen molar-refractivity contribution in [3.63, 3.8) is 0 Å². The average molecular weight is 671 g/mol. The molecular formula is C39H76NO7+. The van der Waals surface area contributed by atoms with Crippen LogP contribution in [0.25, 0.3) is 0 Å². The highest BCUT2D eigenvalue weighted by Crippen LogP contribution is 2.15. The molecule has 0 aliphatic rings. The highest BCUT2D eigenvalue weighted by atomic mass is 16.6. The van der Waals surface area contributed by atoms with Gasteiger partial charge >= 0.3 is 17.9 Å². The highest BCUT2D eigenvalue weighted by molar-refractivity contribution is 5.72. The van der Waals surface area contributed by atoms with E-state index in [1.54, 1.807) is 0 Å². The summed E-state index contributed by atoms with van der Waals surface area (Å²) in [5.74, 6) is -1.46. The Morgan fingerprint density at radius 1 is 0.553 bits per heavy atom. The van der Waals surface area contributed by atoms with Crippen molar-refractivity contribution in [2.24, 2.45) is 0 Å². The van der Waals surface area contributed by atoms with E-state index in [-0.39, 0.29) is 36.2 Å². The third-order valence-corrected chi connectivity index (χ3v) is 9.01. The molecule has 1 N–H and O–H groups in total. The third-order valence-electron chi connectivity index (χ3n) is 9.01. The fraction of sp³-hybridized carbons (Fsp3) is 0.923. The maximum Gasteiger partial charge on any atom is 0.362 e. The van der Waals surface area contributed by atoms with E-state index < -0.39 is 18.1 Å². The second-order valence-corrected chi connectivity index (χ2v) is 14.6. The zero-order valence-electron chi connectivity index (χ0n) is 31.5. The van der Waals surface area contributed by atoms with Crippen molar-refractivity contribution in [3.05, 3.63) is 0 Å². The van der Waals surface area contributed by atoms with Crippen LogP contribution in [0.4, 0.5) is 0 Å². The Labute approximate surface area is 289 Å². The van der Waals surface area contributed by atoms with Crippen LogP contribution in [0.5, 0.6) is 0 Å². The summed E-state index contributed by atoms with van der Waals surface area (Å²) in [6.07, 6.45) is 28.6. The van der Waals surface area contributed by atoms with E-state index in [4.69, 9.17) is 14.2 Å². The quantitative estimate of drug-likeness (QED) is 0.0407. The summed E-state index contributed by atoms with van der Waals surface area (Å²) >= 11 is 0. The number of carbonyl (C=O) groups excluding carboxylic acids is 2. The van der Waals surface area contributed by atoms with Crippen LogP contribution in [0.15, 0.2) is 0 Å². The van der Waals surface area contributed by atoms with Crippen molar-refractivity contribution in [2.75, 3.05) is 41.0 Å². The second-order valence-electron chi connectivity index (χ2n) is 14.6. The van der Waals surface area contributed by atoms with Crippen LogP contribution in [0.3, 0.4) is 0 Å². The standard InChI is InChI=1S/C39H75NO7/c1-6-8-10-12-14-16-17-18-19-20-21-22-24-26-28-30-38(42)47-35(33-45-32-31-36(39(43)44)40(3,4)5)34-46-37(41)29-27-25-23-15-13-11-9-7-2/h35-36H,6-34H2,1-5H3/p+1. The van der Waals surface area contributed by atoms with Crippen LogP contribution >= 0.6 is 0 Å². The molecule has 0 amide bonds. The smallest absolute Gasteiger partial charge is 0.362 e. The number of hydrogen-bond acceptors (Lipinski definition) is 6. The van der Waals surface area contributed by atoms with Gasteiger partial charge in [0.15, 0.2) is 12.1 Å². The predicted octanol–water partition coefficient (Wildman–Crippen LogP) is 9.80. The normalized spacial score (nSPS) is 13.0. The van der Waals surface area contributed by atoms with Gasteiger partial charge in [-0.05, 0) is 12.8 Å². The third kappa shape index (κ3) is 30.1. The summed E-state index contributed by atoms with van der Waals surface area (Å²) in [5.41, 5.74) is 0. The van der Waals surface area contributed by atoms with Gasteiger partial charge in [-0.3, -0.25) is 9.59 Å². The number of rotatable bonds is 35. The monoisotopic (exact) mass is 671 g/mol. The lowest BCUT2D eigenvalue weighted by molar-refractivity contribution is -0.887. The fourth-order valence-electron chi connectivity index (χ4n) is 5.91. The number of nitrogens with zero attached hydrogens (tertiary/aromatic N) is 1. The summed E-state index contributed by atoms with van der Waals surface area (Å²) in [6.45, 7) is 4.72. The van der Waals surface area contributed by atoms with E-state index in [0.29, 0.717) is 19.3 Å². The zero-order valence-corrected chi connectivity index (χ0v) is 31.5. The van der Waals surface area contributed by atoms with Gasteiger partial charge in [-0.1, -0.05) is 149 Å². The highest BCUT2D eigenvalue weighted by Gasteiger charge is 2.31. The molecule has 278 valence electrons. The summed E-state index contributed by atoms with van der Waals surface area (Å²) in [6, 6.07) is -0.606. The molecule has 8 nitrogen and oxygen atoms in total. The topological polar surface area (TPSA) is 99.1 Å². The van der Waals surface area contributed by atoms with Gasteiger partial charge in [-0.2, -0.15) is 0 Å². The van der Waals surface area contributed by atoms with Crippen molar-refractivity contribution in [1.29, 1.82) is 0 Å². The minimum Gasteiger partial charge on any atom is -0.477 e. The molecular weight excluding hydrogens is 594 g/mol. The summed E-state index contributed by atoms with van der Waals surface area (Å²) in [4.78, 5) is 36.7. The van der Waals surface area contributed by atoms with E-state index in [0.717, 1.165) is 38.5 Å². The average Bonchev–Trinajstić information content (AvgIpc) is 3.01. The number of likely N-dealkylation sites (N-methyl/N-ethyl adjacent to an activating group) is 1. The molecule has 0 fully saturated rings. The number of esters is 2.